The molecular weight excluding hydrogens is 226 g/mol. The van der Waals surface area contributed by atoms with E-state index in [9.17, 15) is 4.79 Å². The van der Waals surface area contributed by atoms with E-state index in [1.807, 2.05) is 7.05 Å². The number of likely N-dealkylation sites (N-methyl/N-ethyl adjacent to an activating group) is 1. The number of carbonyl (C=O) groups excluding carboxylic acids is 1. The highest BCUT2D eigenvalue weighted by molar-refractivity contribution is 5.86. The van der Waals surface area contributed by atoms with Crippen molar-refractivity contribution in [2.45, 2.75) is 50.1 Å². The Bertz CT molecular complexity index is 334. The number of rotatable bonds is 8. The molecule has 0 aromatic rings. The van der Waals surface area contributed by atoms with Gasteiger partial charge in [0.2, 0.25) is 5.91 Å². The maximum atomic E-state index is 11.9. The van der Waals surface area contributed by atoms with E-state index in [4.69, 9.17) is 5.73 Å². The first-order valence-corrected chi connectivity index (χ1v) is 7.38. The van der Waals surface area contributed by atoms with Crippen molar-refractivity contribution in [3.05, 3.63) is 0 Å². The van der Waals surface area contributed by atoms with Crippen LogP contribution in [-0.2, 0) is 4.79 Å². The van der Waals surface area contributed by atoms with Gasteiger partial charge in [0, 0.05) is 19.1 Å². The molecule has 3 fully saturated rings. The molecule has 0 bridgehead atoms. The minimum Gasteiger partial charge on any atom is -0.368 e. The molecule has 0 saturated heterocycles. The lowest BCUT2D eigenvalue weighted by molar-refractivity contribution is -0.126. The van der Waals surface area contributed by atoms with Gasteiger partial charge in [0.05, 0.1) is 0 Å². The fraction of sp³-hybridized carbons (Fsp3) is 0.929. The zero-order valence-electron chi connectivity index (χ0n) is 11.3. The Morgan fingerprint density at radius 2 is 1.94 bits per heavy atom. The standard InChI is InChI=1S/C14H25N3O/c1-16-14(13(15)18,11-4-5-11)9-17(12-6-7-12)8-10-2-3-10/h10-12,16H,2-9H2,1H3,(H2,15,18). The first-order valence-electron chi connectivity index (χ1n) is 7.38. The highest BCUT2D eigenvalue weighted by Gasteiger charge is 2.51. The van der Waals surface area contributed by atoms with Crippen LogP contribution < -0.4 is 11.1 Å². The summed E-state index contributed by atoms with van der Waals surface area (Å²) >= 11 is 0. The Morgan fingerprint density at radius 3 is 2.33 bits per heavy atom. The van der Waals surface area contributed by atoms with Gasteiger partial charge in [0.1, 0.15) is 5.54 Å². The second kappa shape index (κ2) is 4.49. The quantitative estimate of drug-likeness (QED) is 0.668. The van der Waals surface area contributed by atoms with Gasteiger partial charge < -0.3 is 11.1 Å². The summed E-state index contributed by atoms with van der Waals surface area (Å²) in [4.78, 5) is 14.5. The predicted octanol–water partition coefficient (Wildman–Crippen LogP) is 0.714. The van der Waals surface area contributed by atoms with E-state index in [1.165, 1.54) is 32.2 Å². The van der Waals surface area contributed by atoms with E-state index in [2.05, 4.69) is 10.2 Å². The largest absolute Gasteiger partial charge is 0.368 e. The maximum absolute atomic E-state index is 11.9. The lowest BCUT2D eigenvalue weighted by Gasteiger charge is -2.36. The van der Waals surface area contributed by atoms with E-state index >= 15 is 0 Å². The number of hydrogen-bond acceptors (Lipinski definition) is 3. The Hall–Kier alpha value is -0.610. The van der Waals surface area contributed by atoms with Crippen molar-refractivity contribution in [1.82, 2.24) is 10.2 Å². The number of primary amides is 1. The molecule has 0 heterocycles. The van der Waals surface area contributed by atoms with Crippen molar-refractivity contribution in [2.24, 2.45) is 17.6 Å². The van der Waals surface area contributed by atoms with Crippen molar-refractivity contribution in [3.63, 3.8) is 0 Å². The number of nitrogens with one attached hydrogen (secondary N) is 1. The van der Waals surface area contributed by atoms with Crippen LogP contribution in [0.5, 0.6) is 0 Å². The summed E-state index contributed by atoms with van der Waals surface area (Å²) in [6.45, 7) is 2.00. The fourth-order valence-corrected chi connectivity index (χ4v) is 3.13. The van der Waals surface area contributed by atoms with Gasteiger partial charge in [-0.25, -0.2) is 0 Å². The monoisotopic (exact) mass is 251 g/mol. The third-order valence-corrected chi connectivity index (χ3v) is 4.87. The van der Waals surface area contributed by atoms with Crippen molar-refractivity contribution < 1.29 is 4.79 Å². The summed E-state index contributed by atoms with van der Waals surface area (Å²) in [6.07, 6.45) is 7.63. The van der Waals surface area contributed by atoms with Crippen LogP contribution in [0.25, 0.3) is 0 Å². The molecule has 1 unspecified atom stereocenters. The smallest absolute Gasteiger partial charge is 0.239 e. The topological polar surface area (TPSA) is 58.4 Å². The number of carbonyl (C=O) groups is 1. The molecule has 3 aliphatic rings. The van der Waals surface area contributed by atoms with Crippen LogP contribution in [0.15, 0.2) is 0 Å². The molecular formula is C14H25N3O. The van der Waals surface area contributed by atoms with Crippen LogP contribution in [0.3, 0.4) is 0 Å². The molecule has 18 heavy (non-hydrogen) atoms. The van der Waals surface area contributed by atoms with Crippen LogP contribution in [-0.4, -0.2) is 42.5 Å². The molecule has 0 aliphatic heterocycles. The molecule has 1 amide bonds. The summed E-state index contributed by atoms with van der Waals surface area (Å²) < 4.78 is 0. The average molecular weight is 251 g/mol. The summed E-state index contributed by atoms with van der Waals surface area (Å²) in [5, 5.41) is 3.27. The van der Waals surface area contributed by atoms with Crippen molar-refractivity contribution >= 4 is 5.91 Å². The Labute approximate surface area is 109 Å². The van der Waals surface area contributed by atoms with Gasteiger partial charge in [-0.15, -0.1) is 0 Å². The van der Waals surface area contributed by atoms with Crippen molar-refractivity contribution in [2.75, 3.05) is 20.1 Å². The van der Waals surface area contributed by atoms with E-state index in [0.29, 0.717) is 5.92 Å². The Morgan fingerprint density at radius 1 is 1.28 bits per heavy atom. The minimum atomic E-state index is -0.475. The molecule has 4 heteroatoms. The van der Waals surface area contributed by atoms with Crippen LogP contribution in [0, 0.1) is 11.8 Å². The van der Waals surface area contributed by atoms with E-state index in [0.717, 1.165) is 31.3 Å². The normalized spacial score (nSPS) is 27.2. The van der Waals surface area contributed by atoms with Gasteiger partial charge in [-0.05, 0) is 57.4 Å². The van der Waals surface area contributed by atoms with Crippen LogP contribution in [0.4, 0.5) is 0 Å². The molecule has 102 valence electrons. The van der Waals surface area contributed by atoms with E-state index in [-0.39, 0.29) is 5.91 Å². The van der Waals surface area contributed by atoms with E-state index in [1.54, 1.807) is 0 Å². The molecule has 1 atom stereocenters. The van der Waals surface area contributed by atoms with Gasteiger partial charge in [0.25, 0.3) is 0 Å². The zero-order chi connectivity index (χ0) is 12.8. The second-order valence-electron chi connectivity index (χ2n) is 6.46. The number of amides is 1. The van der Waals surface area contributed by atoms with Crippen LogP contribution in [0.1, 0.15) is 38.5 Å². The van der Waals surface area contributed by atoms with Crippen molar-refractivity contribution in [3.8, 4) is 0 Å². The summed E-state index contributed by atoms with van der Waals surface area (Å²) in [6, 6.07) is 0.719. The van der Waals surface area contributed by atoms with Crippen LogP contribution in [0.2, 0.25) is 0 Å². The molecule has 3 saturated carbocycles. The average Bonchev–Trinajstić information content (AvgIpc) is 3.14. The molecule has 0 aromatic carbocycles. The minimum absolute atomic E-state index is 0.158. The van der Waals surface area contributed by atoms with Crippen LogP contribution >= 0.6 is 0 Å². The molecule has 0 radical (unpaired) electrons. The lowest BCUT2D eigenvalue weighted by atomic mass is 9.91. The highest BCUT2D eigenvalue weighted by Crippen LogP contribution is 2.42. The van der Waals surface area contributed by atoms with Gasteiger partial charge in [-0.3, -0.25) is 9.69 Å². The first-order chi connectivity index (χ1) is 8.65. The SMILES string of the molecule is CNC(CN(CC1CC1)C1CC1)(C(N)=O)C1CC1. The summed E-state index contributed by atoms with van der Waals surface area (Å²) in [5.41, 5.74) is 5.24. The summed E-state index contributed by atoms with van der Waals surface area (Å²) in [5.74, 6) is 1.18. The van der Waals surface area contributed by atoms with Gasteiger partial charge in [-0.1, -0.05) is 0 Å². The summed E-state index contributed by atoms with van der Waals surface area (Å²) in [7, 11) is 1.89. The number of nitrogens with zero attached hydrogens (tertiary/aromatic N) is 1. The third-order valence-electron chi connectivity index (χ3n) is 4.87. The molecule has 3 rings (SSSR count). The first kappa shape index (κ1) is 12.4. The van der Waals surface area contributed by atoms with Gasteiger partial charge in [0.15, 0.2) is 0 Å². The second-order valence-corrected chi connectivity index (χ2v) is 6.46. The molecule has 0 aromatic heterocycles. The molecule has 3 N–H and O–H groups in total. The molecule has 3 aliphatic carbocycles. The van der Waals surface area contributed by atoms with Gasteiger partial charge >= 0.3 is 0 Å². The number of hydrogen-bond donors (Lipinski definition) is 2. The lowest BCUT2D eigenvalue weighted by Crippen LogP contribution is -2.62. The molecule has 0 spiro atoms. The fourth-order valence-electron chi connectivity index (χ4n) is 3.13. The zero-order valence-corrected chi connectivity index (χ0v) is 11.3. The maximum Gasteiger partial charge on any atom is 0.239 e. The Balaban J connectivity index is 1.70. The predicted molar refractivity (Wildman–Crippen MR) is 71.0 cm³/mol. The third kappa shape index (κ3) is 2.41. The molecule has 4 nitrogen and oxygen atoms in total. The Kier molecular flexibility index (Phi) is 3.10. The van der Waals surface area contributed by atoms with Crippen molar-refractivity contribution in [1.29, 1.82) is 0 Å². The number of nitrogens with two attached hydrogens (primary N) is 1. The van der Waals surface area contributed by atoms with E-state index < -0.39 is 5.54 Å². The van der Waals surface area contributed by atoms with Gasteiger partial charge in [-0.2, -0.15) is 0 Å². The highest BCUT2D eigenvalue weighted by atomic mass is 16.1.